The van der Waals surface area contributed by atoms with Gasteiger partial charge < -0.3 is 23.8 Å². The van der Waals surface area contributed by atoms with Gasteiger partial charge in [0.2, 0.25) is 6.10 Å². The third-order valence-corrected chi connectivity index (χ3v) is 6.33. The van der Waals surface area contributed by atoms with Crippen LogP contribution in [0.5, 0.6) is 17.2 Å². The highest BCUT2D eigenvalue weighted by Crippen LogP contribution is 2.45. The monoisotopic (exact) mass is 440 g/mol. The first-order valence-electron chi connectivity index (χ1n) is 11.0. The Balaban J connectivity index is 1.66. The van der Waals surface area contributed by atoms with Crippen molar-refractivity contribution in [1.82, 2.24) is 9.80 Å². The van der Waals surface area contributed by atoms with Gasteiger partial charge in [-0.05, 0) is 32.0 Å². The van der Waals surface area contributed by atoms with Gasteiger partial charge in [-0.15, -0.1) is 0 Å². The standard InChI is InChI=1S/C25H32N2O5/c1-25(2,26-13-15-31-16-14-26)17-27-21(19-11-8-12-20(29-3)22(19)30-4)23(24(27)28)32-18-9-6-5-7-10-18/h5-12,21,23H,13-17H2,1-4H3/t21-,23+/m0/s1. The molecule has 2 fully saturated rings. The van der Waals surface area contributed by atoms with Crippen molar-refractivity contribution in [3.63, 3.8) is 0 Å². The summed E-state index contributed by atoms with van der Waals surface area (Å²) in [6.45, 7) is 8.06. The number of likely N-dealkylation sites (tertiary alicyclic amines) is 1. The van der Waals surface area contributed by atoms with Gasteiger partial charge in [-0.3, -0.25) is 9.69 Å². The maximum Gasteiger partial charge on any atom is 0.266 e. The van der Waals surface area contributed by atoms with Crippen molar-refractivity contribution in [3.05, 3.63) is 54.1 Å². The van der Waals surface area contributed by atoms with Crippen molar-refractivity contribution in [2.45, 2.75) is 31.5 Å². The van der Waals surface area contributed by atoms with Crippen LogP contribution in [-0.4, -0.2) is 74.4 Å². The summed E-state index contributed by atoms with van der Waals surface area (Å²) in [5.74, 6) is 1.91. The second-order valence-electron chi connectivity index (χ2n) is 8.76. The van der Waals surface area contributed by atoms with Crippen molar-refractivity contribution in [3.8, 4) is 17.2 Å². The number of nitrogens with zero attached hydrogens (tertiary/aromatic N) is 2. The highest BCUT2D eigenvalue weighted by Gasteiger charge is 2.53. The molecule has 0 unspecified atom stereocenters. The van der Waals surface area contributed by atoms with Crippen LogP contribution in [0.4, 0.5) is 0 Å². The minimum atomic E-state index is -0.626. The average molecular weight is 441 g/mol. The first-order chi connectivity index (χ1) is 15.5. The van der Waals surface area contributed by atoms with E-state index in [0.29, 0.717) is 37.0 Å². The molecule has 2 aliphatic rings. The van der Waals surface area contributed by atoms with Crippen molar-refractivity contribution in [2.24, 2.45) is 0 Å². The van der Waals surface area contributed by atoms with Gasteiger partial charge in [0.15, 0.2) is 11.5 Å². The van der Waals surface area contributed by atoms with E-state index in [2.05, 4.69) is 18.7 Å². The summed E-state index contributed by atoms with van der Waals surface area (Å²) in [6.07, 6.45) is -0.626. The number of rotatable bonds is 8. The molecular formula is C25H32N2O5. The van der Waals surface area contributed by atoms with Crippen LogP contribution < -0.4 is 14.2 Å². The van der Waals surface area contributed by atoms with E-state index in [1.54, 1.807) is 14.2 Å². The van der Waals surface area contributed by atoms with E-state index < -0.39 is 6.10 Å². The molecule has 0 bridgehead atoms. The maximum atomic E-state index is 13.4. The Hall–Kier alpha value is -2.77. The third-order valence-electron chi connectivity index (χ3n) is 6.33. The number of morpholine rings is 1. The van der Waals surface area contributed by atoms with E-state index in [9.17, 15) is 4.79 Å². The first-order valence-corrected chi connectivity index (χ1v) is 11.0. The zero-order valence-corrected chi connectivity index (χ0v) is 19.2. The number of benzene rings is 2. The summed E-state index contributed by atoms with van der Waals surface area (Å²) in [5.41, 5.74) is 0.673. The molecule has 2 saturated heterocycles. The largest absolute Gasteiger partial charge is 0.493 e. The predicted octanol–water partition coefficient (Wildman–Crippen LogP) is 3.15. The molecule has 0 N–H and O–H groups in total. The number of carbonyl (C=O) groups excluding carboxylic acids is 1. The van der Waals surface area contributed by atoms with E-state index in [4.69, 9.17) is 18.9 Å². The van der Waals surface area contributed by atoms with Crippen LogP contribution in [-0.2, 0) is 9.53 Å². The molecule has 1 amide bonds. The van der Waals surface area contributed by atoms with Crippen molar-refractivity contribution < 1.29 is 23.7 Å². The molecule has 0 saturated carbocycles. The molecule has 0 spiro atoms. The first kappa shape index (κ1) is 22.4. The lowest BCUT2D eigenvalue weighted by molar-refractivity contribution is -0.168. The molecule has 4 rings (SSSR count). The van der Waals surface area contributed by atoms with E-state index in [-0.39, 0.29) is 17.5 Å². The molecule has 2 aliphatic heterocycles. The van der Waals surface area contributed by atoms with Crippen molar-refractivity contribution in [1.29, 1.82) is 0 Å². The van der Waals surface area contributed by atoms with Gasteiger partial charge in [0.1, 0.15) is 11.8 Å². The van der Waals surface area contributed by atoms with Gasteiger partial charge in [-0.2, -0.15) is 0 Å². The minimum absolute atomic E-state index is 0.0231. The van der Waals surface area contributed by atoms with Gasteiger partial charge in [0.25, 0.3) is 5.91 Å². The average Bonchev–Trinajstić information content (AvgIpc) is 2.83. The smallest absolute Gasteiger partial charge is 0.266 e. The summed E-state index contributed by atoms with van der Waals surface area (Å²) in [6, 6.07) is 14.9. The van der Waals surface area contributed by atoms with Crippen LogP contribution in [0, 0.1) is 0 Å². The number of amides is 1. The molecule has 0 aromatic heterocycles. The summed E-state index contributed by atoms with van der Waals surface area (Å²) in [7, 11) is 3.24. The number of hydrogen-bond donors (Lipinski definition) is 0. The summed E-state index contributed by atoms with van der Waals surface area (Å²) in [5, 5.41) is 0. The van der Waals surface area contributed by atoms with Gasteiger partial charge in [0, 0.05) is 30.7 Å². The highest BCUT2D eigenvalue weighted by molar-refractivity contribution is 5.90. The Morgan fingerprint density at radius 3 is 2.38 bits per heavy atom. The zero-order chi connectivity index (χ0) is 22.7. The lowest BCUT2D eigenvalue weighted by Gasteiger charge is -2.52. The minimum Gasteiger partial charge on any atom is -0.493 e. The fourth-order valence-electron chi connectivity index (χ4n) is 4.62. The Bertz CT molecular complexity index is 927. The predicted molar refractivity (Wildman–Crippen MR) is 121 cm³/mol. The van der Waals surface area contributed by atoms with Crippen LogP contribution >= 0.6 is 0 Å². The van der Waals surface area contributed by atoms with Gasteiger partial charge in [0.05, 0.1) is 27.4 Å². The second kappa shape index (κ2) is 9.38. The Morgan fingerprint density at radius 1 is 1.00 bits per heavy atom. The molecular weight excluding hydrogens is 408 g/mol. The quantitative estimate of drug-likeness (QED) is 0.588. The van der Waals surface area contributed by atoms with Crippen molar-refractivity contribution >= 4 is 5.91 Å². The van der Waals surface area contributed by atoms with E-state index >= 15 is 0 Å². The Kier molecular flexibility index (Phi) is 6.58. The molecule has 7 heteroatoms. The fourth-order valence-corrected chi connectivity index (χ4v) is 4.62. The van der Waals surface area contributed by atoms with E-state index in [0.717, 1.165) is 18.7 Å². The number of ether oxygens (including phenoxy) is 4. The molecule has 0 aliphatic carbocycles. The fraction of sp³-hybridized carbons (Fsp3) is 0.480. The molecule has 0 radical (unpaired) electrons. The topological polar surface area (TPSA) is 60.5 Å². The lowest BCUT2D eigenvalue weighted by Crippen LogP contribution is -2.66. The molecule has 7 nitrogen and oxygen atoms in total. The highest BCUT2D eigenvalue weighted by atomic mass is 16.5. The van der Waals surface area contributed by atoms with Crippen LogP contribution in [0.2, 0.25) is 0 Å². The summed E-state index contributed by atoms with van der Waals surface area (Å²) in [4.78, 5) is 17.6. The van der Waals surface area contributed by atoms with Gasteiger partial charge in [-0.1, -0.05) is 30.3 Å². The molecule has 32 heavy (non-hydrogen) atoms. The number of methoxy groups -OCH3 is 2. The van der Waals surface area contributed by atoms with Crippen LogP contribution in [0.25, 0.3) is 0 Å². The summed E-state index contributed by atoms with van der Waals surface area (Å²) >= 11 is 0. The molecule has 172 valence electrons. The van der Waals surface area contributed by atoms with E-state index in [1.807, 2.05) is 53.4 Å². The number of para-hydroxylation sites is 2. The van der Waals surface area contributed by atoms with E-state index in [1.165, 1.54) is 0 Å². The molecule has 2 aromatic rings. The van der Waals surface area contributed by atoms with Gasteiger partial charge >= 0.3 is 0 Å². The Morgan fingerprint density at radius 2 is 1.72 bits per heavy atom. The number of carbonyl (C=O) groups is 1. The van der Waals surface area contributed by atoms with Crippen LogP contribution in [0.3, 0.4) is 0 Å². The molecule has 2 atom stereocenters. The summed E-state index contributed by atoms with van der Waals surface area (Å²) < 4.78 is 22.9. The number of β-lactam (4-membered cyclic amide) rings is 1. The third kappa shape index (κ3) is 4.27. The lowest BCUT2D eigenvalue weighted by atomic mass is 9.87. The maximum absolute atomic E-state index is 13.4. The zero-order valence-electron chi connectivity index (χ0n) is 19.2. The number of hydrogen-bond acceptors (Lipinski definition) is 6. The van der Waals surface area contributed by atoms with Crippen LogP contribution in [0.15, 0.2) is 48.5 Å². The molecule has 2 heterocycles. The Labute approximate surface area is 189 Å². The second-order valence-corrected chi connectivity index (χ2v) is 8.76. The normalized spacial score (nSPS) is 21.8. The molecule has 2 aromatic carbocycles. The van der Waals surface area contributed by atoms with Gasteiger partial charge in [-0.25, -0.2) is 0 Å². The SMILES string of the molecule is COc1cccc([C@H]2[C@@H](Oc3ccccc3)C(=O)N2CC(C)(C)N2CCOCC2)c1OC. The van der Waals surface area contributed by atoms with Crippen LogP contribution in [0.1, 0.15) is 25.5 Å². The van der Waals surface area contributed by atoms with Crippen molar-refractivity contribution in [2.75, 3.05) is 47.1 Å².